The van der Waals surface area contributed by atoms with Crippen LogP contribution in [0.4, 0.5) is 0 Å². The molecule has 0 spiro atoms. The lowest BCUT2D eigenvalue weighted by Gasteiger charge is -2.21. The van der Waals surface area contributed by atoms with Crippen molar-refractivity contribution in [2.45, 2.75) is 26.3 Å². The van der Waals surface area contributed by atoms with E-state index in [4.69, 9.17) is 10.00 Å². The van der Waals surface area contributed by atoms with Crippen molar-refractivity contribution in [3.05, 3.63) is 18.1 Å². The summed E-state index contributed by atoms with van der Waals surface area (Å²) in [6.45, 7) is 6.03. The minimum atomic E-state index is -0.251. The number of hydrogen-bond donors (Lipinski definition) is 0. The van der Waals surface area contributed by atoms with E-state index in [-0.39, 0.29) is 5.54 Å². The summed E-state index contributed by atoms with van der Waals surface area (Å²) in [5.41, 5.74) is 1.05. The number of methoxy groups -OCH3 is 1. The van der Waals surface area contributed by atoms with Crippen LogP contribution in [0.2, 0.25) is 0 Å². The van der Waals surface area contributed by atoms with E-state index in [2.05, 4.69) is 16.0 Å². The summed E-state index contributed by atoms with van der Waals surface area (Å²) in [4.78, 5) is 8.58. The van der Waals surface area contributed by atoms with E-state index >= 15 is 0 Å². The molecule has 0 atom stereocenters. The number of nitriles is 1. The Morgan fingerprint density at radius 3 is 2.65 bits per heavy atom. The summed E-state index contributed by atoms with van der Waals surface area (Å²) in [6.07, 6.45) is 1.66. The van der Waals surface area contributed by atoms with Crippen LogP contribution in [-0.4, -0.2) is 21.6 Å². The van der Waals surface area contributed by atoms with Crippen LogP contribution in [0.3, 0.4) is 0 Å². The molecule has 0 aromatic carbocycles. The van der Waals surface area contributed by atoms with Crippen LogP contribution in [0.5, 0.6) is 5.75 Å². The topological polar surface area (TPSA) is 63.7 Å². The first-order valence-corrected chi connectivity index (χ1v) is 5.31. The van der Waals surface area contributed by atoms with Crippen molar-refractivity contribution in [1.29, 1.82) is 5.26 Å². The van der Waals surface area contributed by atoms with Gasteiger partial charge in [0.25, 0.3) is 0 Å². The Hall–Kier alpha value is -2.09. The second-order valence-electron chi connectivity index (χ2n) is 4.74. The Kier molecular flexibility index (Phi) is 2.50. The van der Waals surface area contributed by atoms with E-state index in [9.17, 15) is 0 Å². The molecular formula is C12H14N4O. The van der Waals surface area contributed by atoms with Gasteiger partial charge in [-0.2, -0.15) is 5.26 Å². The maximum atomic E-state index is 9.14. The van der Waals surface area contributed by atoms with E-state index in [1.54, 1.807) is 19.4 Å². The second kappa shape index (κ2) is 3.74. The highest BCUT2D eigenvalue weighted by atomic mass is 16.5. The van der Waals surface area contributed by atoms with E-state index < -0.39 is 0 Å². The largest absolute Gasteiger partial charge is 0.494 e. The van der Waals surface area contributed by atoms with Crippen LogP contribution in [0.1, 0.15) is 26.6 Å². The second-order valence-corrected chi connectivity index (χ2v) is 4.74. The normalized spacial score (nSPS) is 11.5. The SMILES string of the molecule is COc1ccnc2c1nc(C#N)n2C(C)(C)C. The standard InChI is InChI=1S/C12H14N4O/c1-12(2,3)16-9(7-13)15-10-8(17-4)5-6-14-11(10)16/h5-6H,1-4H3. The van der Waals surface area contributed by atoms with Crippen LogP contribution in [0, 0.1) is 11.3 Å². The summed E-state index contributed by atoms with van der Waals surface area (Å²) < 4.78 is 7.05. The molecule has 88 valence electrons. The fraction of sp³-hybridized carbons (Fsp3) is 0.417. The van der Waals surface area contributed by atoms with Crippen molar-refractivity contribution >= 4 is 11.2 Å². The van der Waals surface area contributed by atoms with Gasteiger partial charge in [-0.3, -0.25) is 4.57 Å². The van der Waals surface area contributed by atoms with Crippen molar-refractivity contribution in [1.82, 2.24) is 14.5 Å². The quantitative estimate of drug-likeness (QED) is 0.752. The van der Waals surface area contributed by atoms with Gasteiger partial charge in [-0.15, -0.1) is 0 Å². The van der Waals surface area contributed by atoms with E-state index in [0.29, 0.717) is 22.7 Å². The number of ether oxygens (including phenoxy) is 1. The molecule has 0 saturated carbocycles. The lowest BCUT2D eigenvalue weighted by Crippen LogP contribution is -2.23. The summed E-state index contributed by atoms with van der Waals surface area (Å²) in [7, 11) is 1.58. The van der Waals surface area contributed by atoms with Crippen molar-refractivity contribution in [3.8, 4) is 11.8 Å². The molecule has 0 radical (unpaired) electrons. The van der Waals surface area contributed by atoms with Crippen LogP contribution in [0.25, 0.3) is 11.2 Å². The molecule has 2 aromatic heterocycles. The van der Waals surface area contributed by atoms with Gasteiger partial charge in [0.05, 0.1) is 7.11 Å². The van der Waals surface area contributed by atoms with Gasteiger partial charge in [-0.25, -0.2) is 9.97 Å². The lowest BCUT2D eigenvalue weighted by atomic mass is 10.1. The van der Waals surface area contributed by atoms with Gasteiger partial charge in [-0.05, 0) is 20.8 Å². The minimum Gasteiger partial charge on any atom is -0.494 e. The zero-order valence-electron chi connectivity index (χ0n) is 10.4. The summed E-state index contributed by atoms with van der Waals surface area (Å²) in [5.74, 6) is 0.985. The predicted octanol–water partition coefficient (Wildman–Crippen LogP) is 2.07. The van der Waals surface area contributed by atoms with Gasteiger partial charge >= 0.3 is 0 Å². The van der Waals surface area contributed by atoms with Crippen molar-refractivity contribution in [3.63, 3.8) is 0 Å². The van der Waals surface area contributed by atoms with Crippen LogP contribution in [0.15, 0.2) is 12.3 Å². The first kappa shape index (κ1) is 11.4. The molecule has 2 aromatic rings. The van der Waals surface area contributed by atoms with Gasteiger partial charge in [0.2, 0.25) is 5.82 Å². The molecule has 0 unspecified atom stereocenters. The fourth-order valence-electron chi connectivity index (χ4n) is 1.83. The van der Waals surface area contributed by atoms with Gasteiger partial charge in [0.1, 0.15) is 11.8 Å². The number of fused-ring (bicyclic) bond motifs is 1. The zero-order chi connectivity index (χ0) is 12.6. The fourth-order valence-corrected chi connectivity index (χ4v) is 1.83. The Morgan fingerprint density at radius 1 is 1.41 bits per heavy atom. The minimum absolute atomic E-state index is 0.251. The highest BCUT2D eigenvalue weighted by Crippen LogP contribution is 2.28. The molecule has 0 bridgehead atoms. The van der Waals surface area contributed by atoms with Crippen LogP contribution >= 0.6 is 0 Å². The number of aromatic nitrogens is 3. The molecule has 5 nitrogen and oxygen atoms in total. The Morgan fingerprint density at radius 2 is 2.12 bits per heavy atom. The third-order valence-corrected chi connectivity index (χ3v) is 2.50. The maximum Gasteiger partial charge on any atom is 0.215 e. The first-order chi connectivity index (χ1) is 7.99. The lowest BCUT2D eigenvalue weighted by molar-refractivity contribution is 0.402. The summed E-state index contributed by atoms with van der Waals surface area (Å²) in [5, 5.41) is 9.14. The average molecular weight is 230 g/mol. The molecular weight excluding hydrogens is 216 g/mol. The van der Waals surface area contributed by atoms with Crippen molar-refractivity contribution in [2.24, 2.45) is 0 Å². The molecule has 0 aliphatic rings. The van der Waals surface area contributed by atoms with E-state index in [1.165, 1.54) is 0 Å². The molecule has 0 fully saturated rings. The average Bonchev–Trinajstić information content (AvgIpc) is 2.66. The van der Waals surface area contributed by atoms with Crippen molar-refractivity contribution in [2.75, 3.05) is 7.11 Å². The van der Waals surface area contributed by atoms with Crippen LogP contribution < -0.4 is 4.74 Å². The number of pyridine rings is 1. The van der Waals surface area contributed by atoms with Crippen LogP contribution in [-0.2, 0) is 5.54 Å². The van der Waals surface area contributed by atoms with Gasteiger partial charge in [0.15, 0.2) is 11.2 Å². The molecule has 2 rings (SSSR count). The molecule has 2 heterocycles. The van der Waals surface area contributed by atoms with Gasteiger partial charge < -0.3 is 4.74 Å². The van der Waals surface area contributed by atoms with E-state index in [1.807, 2.05) is 25.3 Å². The maximum absolute atomic E-state index is 9.14. The molecule has 0 aliphatic heterocycles. The molecule has 5 heteroatoms. The third kappa shape index (κ3) is 1.72. The monoisotopic (exact) mass is 230 g/mol. The van der Waals surface area contributed by atoms with E-state index in [0.717, 1.165) is 0 Å². The molecule has 0 aliphatic carbocycles. The van der Waals surface area contributed by atoms with Crippen molar-refractivity contribution < 1.29 is 4.74 Å². The van der Waals surface area contributed by atoms with Gasteiger partial charge in [-0.1, -0.05) is 0 Å². The zero-order valence-corrected chi connectivity index (χ0v) is 10.4. The number of rotatable bonds is 1. The number of imidazole rings is 1. The number of hydrogen-bond acceptors (Lipinski definition) is 4. The highest BCUT2D eigenvalue weighted by molar-refractivity contribution is 5.79. The molecule has 17 heavy (non-hydrogen) atoms. The highest BCUT2D eigenvalue weighted by Gasteiger charge is 2.23. The summed E-state index contributed by atoms with van der Waals surface area (Å²) in [6, 6.07) is 3.84. The first-order valence-electron chi connectivity index (χ1n) is 5.31. The summed E-state index contributed by atoms with van der Waals surface area (Å²) >= 11 is 0. The molecule has 0 N–H and O–H groups in total. The third-order valence-electron chi connectivity index (χ3n) is 2.50. The molecule has 0 amide bonds. The van der Waals surface area contributed by atoms with Gasteiger partial charge in [0, 0.05) is 17.8 Å². The number of nitrogens with zero attached hydrogens (tertiary/aromatic N) is 4. The predicted molar refractivity (Wildman–Crippen MR) is 63.8 cm³/mol. The Bertz CT molecular complexity index is 601. The smallest absolute Gasteiger partial charge is 0.215 e. The molecule has 0 saturated heterocycles. The Balaban J connectivity index is 2.88. The Labute approximate surface area is 99.7 Å².